The van der Waals surface area contributed by atoms with Crippen molar-refractivity contribution in [3.8, 4) is 79.7 Å². The summed E-state index contributed by atoms with van der Waals surface area (Å²) in [6, 6.07) is 171. The third kappa shape index (κ3) is 15.9. The number of aryl methyl sites for hydroxylation is 2. The number of fused-ring (bicyclic) bond motifs is 7. The average molecular weight is 1700 g/mol. The van der Waals surface area contributed by atoms with Crippen molar-refractivity contribution in [3.63, 3.8) is 0 Å². The molecule has 0 fully saturated rings. The summed E-state index contributed by atoms with van der Waals surface area (Å²) in [6.45, 7) is 4.26. The van der Waals surface area contributed by atoms with E-state index in [1.807, 2.05) is 121 Å². The maximum atomic E-state index is 5.02. The van der Waals surface area contributed by atoms with Crippen LogP contribution in [-0.2, 0) is 0 Å². The molecule has 0 aliphatic carbocycles. The average Bonchev–Trinajstić information content (AvgIpc) is 1.57. The van der Waals surface area contributed by atoms with Crippen LogP contribution in [0, 0.1) is 13.8 Å². The summed E-state index contributed by atoms with van der Waals surface area (Å²) in [5.74, 6) is 3.78. The molecule has 12 nitrogen and oxygen atoms in total. The Bertz CT molecular complexity index is 7790. The summed E-state index contributed by atoms with van der Waals surface area (Å²) in [7, 11) is 0. The van der Waals surface area contributed by atoms with Gasteiger partial charge in [-0.1, -0.05) is 284 Å². The van der Waals surface area contributed by atoms with Crippen LogP contribution < -0.4 is 19.6 Å². The van der Waals surface area contributed by atoms with Crippen molar-refractivity contribution in [1.82, 2.24) is 39.0 Å². The first-order valence-electron chi connectivity index (χ1n) is 44.5. The minimum atomic E-state index is 0.618. The second kappa shape index (κ2) is 35.6. The van der Waals surface area contributed by atoms with Gasteiger partial charge in [0.15, 0.2) is 34.9 Å². The minimum absolute atomic E-state index is 0.618. The molecule has 4 aromatic heterocycles. The number of hydrogen-bond acceptors (Lipinski definition) is 10. The van der Waals surface area contributed by atoms with Gasteiger partial charge in [-0.05, 0) is 232 Å². The van der Waals surface area contributed by atoms with Crippen LogP contribution in [0.2, 0.25) is 0 Å². The van der Waals surface area contributed by atoms with Crippen molar-refractivity contribution >= 4 is 123 Å². The van der Waals surface area contributed by atoms with E-state index in [-0.39, 0.29) is 0 Å². The maximum absolute atomic E-state index is 5.02. The topological polar surface area (TPSA) is 100 Å². The van der Waals surface area contributed by atoms with Crippen LogP contribution in [0.5, 0.6) is 0 Å². The number of aromatic nitrogens is 8. The van der Waals surface area contributed by atoms with Gasteiger partial charge in [-0.3, -0.25) is 0 Å². The zero-order chi connectivity index (χ0) is 88.2. The Hall–Kier alpha value is -17.7. The van der Waals surface area contributed by atoms with E-state index in [1.165, 1.54) is 21.9 Å². The fourth-order valence-electron chi connectivity index (χ4n) is 18.0. The van der Waals surface area contributed by atoms with E-state index >= 15 is 0 Å². The second-order valence-corrected chi connectivity index (χ2v) is 32.8. The largest absolute Gasteiger partial charge is 0.310 e. The van der Waals surface area contributed by atoms with Gasteiger partial charge in [0, 0.05) is 134 Å². The lowest BCUT2D eigenvalue weighted by Gasteiger charge is -2.27. The SMILES string of the molecule is Cc1ccc(N(c2ccc(C)cc2)c2ccc3c(c2)c2cc(N(c4ccccc4)c4ccccc4)ccc2n3-c2ccc(-c3nc(-c4ccccc4)nc(-c4ccccc4)n3)cc2)cc1.c1ccc(-c2nc(-c3ccccc3)nc(-c3ccc(-n4c5ccc(N(c6ccccc6)c6ccccc6)cc5c5cc(N(c6ccccc6)c6cccc7ccccc67)ccc54)cc3)n2)cc1. The first kappa shape index (κ1) is 80.1. The molecule has 132 heavy (non-hydrogen) atoms. The molecule has 0 spiro atoms. The zero-order valence-electron chi connectivity index (χ0n) is 72.6. The standard InChI is InChI=1S/C61H42N6.C59H44N6/c1-6-20-44(21-7-1)59-62-60(45-22-8-2-9-23-45)64-61(63-59)46-33-35-50(36-34-46)67-57-39-37-51(65(47-25-10-3-11-26-47)48-27-12-4-13-28-48)41-54(57)55-42-52(38-40-58(55)67)66(49-29-14-5-15-30-49)56-32-18-24-43-19-16-17-31-53(43)56;1-41-23-29-48(30-24-41)64(49-31-25-42(2)26-32-49)52-36-38-56-54(40-52)53-39-51(63(46-19-11-5-12-20-46)47-21-13-6-14-22-47)35-37-55(53)65(56)50-33-27-45(28-34-50)59-61-57(43-15-7-3-8-16-43)60-58(62-59)44-17-9-4-10-18-44/h1-42H;3-40H,1-2H3. The molecule has 0 saturated heterocycles. The van der Waals surface area contributed by atoms with E-state index in [9.17, 15) is 0 Å². The third-order valence-electron chi connectivity index (χ3n) is 24.3. The van der Waals surface area contributed by atoms with Gasteiger partial charge in [0.2, 0.25) is 0 Å². The van der Waals surface area contributed by atoms with E-state index in [2.05, 4.69) is 407 Å². The molecule has 0 atom stereocenters. The molecule has 0 aliphatic rings. The predicted octanol–water partition coefficient (Wildman–Crippen LogP) is 31.6. The number of para-hydroxylation sites is 5. The first-order chi connectivity index (χ1) is 65.3. The maximum Gasteiger partial charge on any atom is 0.164 e. The highest BCUT2D eigenvalue weighted by Gasteiger charge is 2.26. The lowest BCUT2D eigenvalue weighted by atomic mass is 10.1. The molecule has 23 aromatic rings. The highest BCUT2D eigenvalue weighted by atomic mass is 15.2. The van der Waals surface area contributed by atoms with E-state index < -0.39 is 0 Å². The molecule has 12 heteroatoms. The van der Waals surface area contributed by atoms with Gasteiger partial charge in [-0.2, -0.15) is 0 Å². The summed E-state index contributed by atoms with van der Waals surface area (Å²) in [5.41, 5.74) is 27.5. The first-order valence-corrected chi connectivity index (χ1v) is 44.5. The molecule has 23 rings (SSSR count). The van der Waals surface area contributed by atoms with Crippen molar-refractivity contribution in [1.29, 1.82) is 0 Å². The van der Waals surface area contributed by atoms with Gasteiger partial charge < -0.3 is 28.7 Å². The fourth-order valence-corrected chi connectivity index (χ4v) is 18.0. The number of anilines is 12. The van der Waals surface area contributed by atoms with Gasteiger partial charge in [0.25, 0.3) is 0 Å². The monoisotopic (exact) mass is 1690 g/mol. The van der Waals surface area contributed by atoms with Crippen molar-refractivity contribution in [3.05, 3.63) is 496 Å². The van der Waals surface area contributed by atoms with Crippen molar-refractivity contribution < 1.29 is 0 Å². The molecule has 626 valence electrons. The number of benzene rings is 19. The highest BCUT2D eigenvalue weighted by molar-refractivity contribution is 6.14. The lowest BCUT2D eigenvalue weighted by Crippen LogP contribution is -2.10. The second-order valence-electron chi connectivity index (χ2n) is 32.8. The normalized spacial score (nSPS) is 11.3. The van der Waals surface area contributed by atoms with Crippen molar-refractivity contribution in [2.24, 2.45) is 0 Å². The zero-order valence-corrected chi connectivity index (χ0v) is 72.6. The Labute approximate surface area is 766 Å². The summed E-state index contributed by atoms with van der Waals surface area (Å²) in [4.78, 5) is 39.3. The van der Waals surface area contributed by atoms with Crippen LogP contribution >= 0.6 is 0 Å². The number of rotatable bonds is 20. The Balaban J connectivity index is 0.000000154. The van der Waals surface area contributed by atoms with Gasteiger partial charge in [-0.15, -0.1) is 0 Å². The van der Waals surface area contributed by atoms with Crippen molar-refractivity contribution in [2.45, 2.75) is 13.8 Å². The Morgan fingerprint density at radius 3 is 0.674 bits per heavy atom. The van der Waals surface area contributed by atoms with Gasteiger partial charge in [0.1, 0.15) is 0 Å². The van der Waals surface area contributed by atoms with Crippen LogP contribution in [0.15, 0.2) is 485 Å². The summed E-state index contributed by atoms with van der Waals surface area (Å²) in [5, 5.41) is 6.94. The minimum Gasteiger partial charge on any atom is -0.310 e. The Morgan fingerprint density at radius 2 is 0.386 bits per heavy atom. The van der Waals surface area contributed by atoms with Gasteiger partial charge in [-0.25, -0.2) is 29.9 Å². The Kier molecular flexibility index (Phi) is 21.6. The molecule has 0 aliphatic heterocycles. The highest BCUT2D eigenvalue weighted by Crippen LogP contribution is 2.48. The van der Waals surface area contributed by atoms with Crippen LogP contribution in [0.25, 0.3) is 134 Å². The molecule has 0 radical (unpaired) electrons. The smallest absolute Gasteiger partial charge is 0.164 e. The van der Waals surface area contributed by atoms with Gasteiger partial charge >= 0.3 is 0 Å². The van der Waals surface area contributed by atoms with E-state index in [4.69, 9.17) is 29.9 Å². The molecule has 0 N–H and O–H groups in total. The molecule has 0 unspecified atom stereocenters. The molecule has 0 bridgehead atoms. The quantitative estimate of drug-likeness (QED) is 0.0733. The summed E-state index contributed by atoms with van der Waals surface area (Å²) >= 11 is 0. The predicted molar refractivity (Wildman–Crippen MR) is 547 cm³/mol. The van der Waals surface area contributed by atoms with Crippen LogP contribution in [0.4, 0.5) is 68.2 Å². The molecular formula is C120H86N12. The van der Waals surface area contributed by atoms with E-state index in [0.717, 1.165) is 157 Å². The van der Waals surface area contributed by atoms with Crippen molar-refractivity contribution in [2.75, 3.05) is 19.6 Å². The number of hydrogen-bond donors (Lipinski definition) is 0. The molecular weight excluding hydrogens is 1610 g/mol. The molecule has 19 aromatic carbocycles. The molecule has 0 amide bonds. The summed E-state index contributed by atoms with van der Waals surface area (Å²) < 4.78 is 4.75. The van der Waals surface area contributed by atoms with Crippen LogP contribution in [0.3, 0.4) is 0 Å². The van der Waals surface area contributed by atoms with E-state index in [1.54, 1.807) is 0 Å². The Morgan fingerprint density at radius 1 is 0.167 bits per heavy atom. The summed E-state index contributed by atoms with van der Waals surface area (Å²) in [6.07, 6.45) is 0. The van der Waals surface area contributed by atoms with Crippen LogP contribution in [-0.4, -0.2) is 39.0 Å². The van der Waals surface area contributed by atoms with Gasteiger partial charge in [0.05, 0.1) is 27.8 Å². The molecule has 4 heterocycles. The molecule has 0 saturated carbocycles. The van der Waals surface area contributed by atoms with Crippen LogP contribution in [0.1, 0.15) is 11.1 Å². The fraction of sp³-hybridized carbons (Fsp3) is 0.0167. The van der Waals surface area contributed by atoms with E-state index in [0.29, 0.717) is 34.9 Å². The lowest BCUT2D eigenvalue weighted by molar-refractivity contribution is 1.07. The number of nitrogens with zero attached hydrogens (tertiary/aromatic N) is 12. The third-order valence-corrected chi connectivity index (χ3v) is 24.3.